The maximum atomic E-state index is 9.81. The van der Waals surface area contributed by atoms with Crippen molar-refractivity contribution in [2.45, 2.75) is 39.5 Å². The van der Waals surface area contributed by atoms with Crippen molar-refractivity contribution in [2.75, 3.05) is 13.2 Å². The molecule has 6 heteroatoms. The molecule has 0 aromatic carbocycles. The molecule has 0 unspecified atom stereocenters. The number of nitrogens with two attached hydrogens (primary N) is 1. The lowest BCUT2D eigenvalue weighted by Gasteiger charge is -1.98. The minimum Gasteiger partial charge on any atom is -0.450 e. The van der Waals surface area contributed by atoms with E-state index in [1.807, 2.05) is 0 Å². The second-order valence-corrected chi connectivity index (χ2v) is 2.93. The van der Waals surface area contributed by atoms with Gasteiger partial charge < -0.3 is 20.3 Å². The van der Waals surface area contributed by atoms with Crippen LogP contribution in [0.4, 0.5) is 9.59 Å². The topological polar surface area (TPSA) is 98.8 Å². The van der Waals surface area contributed by atoms with Crippen molar-refractivity contribution in [1.29, 1.82) is 0 Å². The summed E-state index contributed by atoms with van der Waals surface area (Å²) in [6, 6.07) is 0. The van der Waals surface area contributed by atoms with Crippen LogP contribution in [0.5, 0.6) is 0 Å². The van der Waals surface area contributed by atoms with E-state index in [1.165, 1.54) is 0 Å². The largest absolute Gasteiger partial charge is 0.505 e. The van der Waals surface area contributed by atoms with E-state index in [4.69, 9.17) is 5.11 Å². The van der Waals surface area contributed by atoms with Gasteiger partial charge >= 0.3 is 12.2 Å². The van der Waals surface area contributed by atoms with Crippen molar-refractivity contribution in [3.05, 3.63) is 0 Å². The predicted molar refractivity (Wildman–Crippen MR) is 59.3 cm³/mol. The Labute approximate surface area is 95.7 Å². The van der Waals surface area contributed by atoms with E-state index in [9.17, 15) is 9.59 Å². The number of unbranched alkanes of at least 4 members (excludes halogenated alkanes) is 3. The number of carbonyl (C=O) groups excluding carboxylic acids is 1. The van der Waals surface area contributed by atoms with Crippen LogP contribution < -0.4 is 5.73 Å². The monoisotopic (exact) mass is 235 g/mol. The molecular formula is C10H21NO5. The number of carbonyl (C=O) groups is 2. The van der Waals surface area contributed by atoms with Crippen LogP contribution in [-0.4, -0.2) is 30.6 Å². The van der Waals surface area contributed by atoms with Crippen LogP contribution >= 0.6 is 0 Å². The molecule has 3 N–H and O–H groups in total. The standard InChI is InChI=1S/C7H14O3.C3H7NO2/c1-2-3-4-5-6-10-7(8)9;1-2-6-3(4)5/h2-6H2,1H3,(H,8,9);2H2,1H3,(H2,4,5). The highest BCUT2D eigenvalue weighted by Gasteiger charge is 1.93. The molecule has 1 amide bonds. The highest BCUT2D eigenvalue weighted by atomic mass is 16.7. The van der Waals surface area contributed by atoms with Crippen molar-refractivity contribution < 1.29 is 24.2 Å². The minimum atomic E-state index is -1.17. The van der Waals surface area contributed by atoms with Crippen molar-refractivity contribution in [2.24, 2.45) is 5.73 Å². The fourth-order valence-electron chi connectivity index (χ4n) is 0.831. The van der Waals surface area contributed by atoms with Crippen molar-refractivity contribution >= 4 is 12.2 Å². The molecule has 0 saturated heterocycles. The molecule has 0 fully saturated rings. The van der Waals surface area contributed by atoms with Crippen LogP contribution in [0.3, 0.4) is 0 Å². The van der Waals surface area contributed by atoms with Gasteiger partial charge in [-0.05, 0) is 13.3 Å². The molecule has 0 aliphatic rings. The zero-order chi connectivity index (χ0) is 12.8. The van der Waals surface area contributed by atoms with Crippen LogP contribution in [0.25, 0.3) is 0 Å². The Morgan fingerprint density at radius 3 is 2.06 bits per heavy atom. The SMILES string of the molecule is CCCCCCOC(=O)O.CCOC(N)=O. The molecule has 0 atom stereocenters. The molecule has 0 aliphatic carbocycles. The molecule has 16 heavy (non-hydrogen) atoms. The Morgan fingerprint density at radius 1 is 1.12 bits per heavy atom. The first-order chi connectivity index (χ1) is 7.54. The lowest BCUT2D eigenvalue weighted by atomic mass is 10.2. The third-order valence-corrected chi connectivity index (χ3v) is 1.51. The molecule has 0 radical (unpaired) electrons. The Bertz CT molecular complexity index is 184. The van der Waals surface area contributed by atoms with E-state index < -0.39 is 12.2 Å². The van der Waals surface area contributed by atoms with Gasteiger partial charge in [0.05, 0.1) is 13.2 Å². The summed E-state index contributed by atoms with van der Waals surface area (Å²) in [7, 11) is 0. The van der Waals surface area contributed by atoms with E-state index in [0.717, 1.165) is 25.7 Å². The van der Waals surface area contributed by atoms with Gasteiger partial charge in [0.25, 0.3) is 0 Å². The molecule has 0 aromatic heterocycles. The van der Waals surface area contributed by atoms with Gasteiger partial charge in [-0.25, -0.2) is 9.59 Å². The van der Waals surface area contributed by atoms with Crippen LogP contribution in [0.2, 0.25) is 0 Å². The summed E-state index contributed by atoms with van der Waals surface area (Å²) in [5.41, 5.74) is 4.54. The number of carboxylic acid groups (broad SMARTS) is 1. The molecule has 0 heterocycles. The van der Waals surface area contributed by atoms with Gasteiger partial charge in [0.1, 0.15) is 0 Å². The van der Waals surface area contributed by atoms with Crippen molar-refractivity contribution in [1.82, 2.24) is 0 Å². The Morgan fingerprint density at radius 2 is 1.75 bits per heavy atom. The second-order valence-electron chi connectivity index (χ2n) is 2.93. The normalized spacial score (nSPS) is 8.62. The first-order valence-corrected chi connectivity index (χ1v) is 5.32. The zero-order valence-corrected chi connectivity index (χ0v) is 9.90. The number of hydrogen-bond donors (Lipinski definition) is 2. The van der Waals surface area contributed by atoms with Crippen molar-refractivity contribution in [3.63, 3.8) is 0 Å². The maximum absolute atomic E-state index is 9.81. The lowest BCUT2D eigenvalue weighted by Crippen LogP contribution is -2.11. The lowest BCUT2D eigenvalue weighted by molar-refractivity contribution is 0.0900. The van der Waals surface area contributed by atoms with E-state index in [2.05, 4.69) is 22.1 Å². The number of amides is 1. The molecule has 0 saturated carbocycles. The first-order valence-electron chi connectivity index (χ1n) is 5.32. The quantitative estimate of drug-likeness (QED) is 0.544. The van der Waals surface area contributed by atoms with Gasteiger partial charge in [0.15, 0.2) is 0 Å². The van der Waals surface area contributed by atoms with Gasteiger partial charge in [0.2, 0.25) is 0 Å². The molecule has 0 bridgehead atoms. The van der Waals surface area contributed by atoms with E-state index in [0.29, 0.717) is 13.2 Å². The summed E-state index contributed by atoms with van der Waals surface area (Å²) in [6.07, 6.45) is 2.34. The molecule has 0 aromatic rings. The average molecular weight is 235 g/mol. The third-order valence-electron chi connectivity index (χ3n) is 1.51. The van der Waals surface area contributed by atoms with Gasteiger partial charge in [0, 0.05) is 0 Å². The van der Waals surface area contributed by atoms with E-state index in [-0.39, 0.29) is 0 Å². The Kier molecular flexibility index (Phi) is 14.3. The number of ether oxygens (including phenoxy) is 2. The maximum Gasteiger partial charge on any atom is 0.505 e. The summed E-state index contributed by atoms with van der Waals surface area (Å²) in [4.78, 5) is 19.4. The summed E-state index contributed by atoms with van der Waals surface area (Å²) < 4.78 is 8.49. The smallest absolute Gasteiger partial charge is 0.450 e. The van der Waals surface area contributed by atoms with Crippen LogP contribution in [-0.2, 0) is 9.47 Å². The second kappa shape index (κ2) is 13.5. The fraction of sp³-hybridized carbons (Fsp3) is 0.800. The number of hydrogen-bond acceptors (Lipinski definition) is 4. The summed E-state index contributed by atoms with van der Waals surface area (Å²) >= 11 is 0. The molecule has 0 spiro atoms. The third kappa shape index (κ3) is 22.9. The molecule has 0 aliphatic heterocycles. The summed E-state index contributed by atoms with van der Waals surface area (Å²) in [6.45, 7) is 4.51. The van der Waals surface area contributed by atoms with E-state index in [1.54, 1.807) is 6.92 Å². The summed E-state index contributed by atoms with van der Waals surface area (Å²) in [5, 5.41) is 8.05. The first kappa shape index (κ1) is 17.0. The van der Waals surface area contributed by atoms with Crippen LogP contribution in [0.15, 0.2) is 0 Å². The van der Waals surface area contributed by atoms with Gasteiger partial charge in [-0.1, -0.05) is 26.2 Å². The highest BCUT2D eigenvalue weighted by molar-refractivity contribution is 5.64. The fourth-order valence-corrected chi connectivity index (χ4v) is 0.831. The molecular weight excluding hydrogens is 214 g/mol. The average Bonchev–Trinajstić information content (AvgIpc) is 2.17. The predicted octanol–water partition coefficient (Wildman–Crippen LogP) is 2.36. The molecule has 96 valence electrons. The highest BCUT2D eigenvalue weighted by Crippen LogP contribution is 1.98. The van der Waals surface area contributed by atoms with Crippen molar-refractivity contribution in [3.8, 4) is 0 Å². The van der Waals surface area contributed by atoms with E-state index >= 15 is 0 Å². The molecule has 0 rings (SSSR count). The molecule has 6 nitrogen and oxygen atoms in total. The Balaban J connectivity index is 0. The number of rotatable bonds is 6. The summed E-state index contributed by atoms with van der Waals surface area (Å²) in [5.74, 6) is 0. The Hall–Kier alpha value is -1.46. The number of primary amides is 1. The van der Waals surface area contributed by atoms with Gasteiger partial charge in [-0.15, -0.1) is 0 Å². The van der Waals surface area contributed by atoms with Crippen LogP contribution in [0, 0.1) is 0 Å². The minimum absolute atomic E-state index is 0.343. The van der Waals surface area contributed by atoms with Crippen LogP contribution in [0.1, 0.15) is 39.5 Å². The van der Waals surface area contributed by atoms with Gasteiger partial charge in [-0.3, -0.25) is 0 Å². The zero-order valence-electron chi connectivity index (χ0n) is 9.90. The van der Waals surface area contributed by atoms with Gasteiger partial charge in [-0.2, -0.15) is 0 Å².